The summed E-state index contributed by atoms with van der Waals surface area (Å²) in [5.41, 5.74) is 7.43. The minimum Gasteiger partial charge on any atom is -0.497 e. The number of methoxy groups -OCH3 is 1. The van der Waals surface area contributed by atoms with Crippen LogP contribution in [-0.4, -0.2) is 48.6 Å². The molecular formula is C15H21N3OS. The summed E-state index contributed by atoms with van der Waals surface area (Å²) in [5, 5.41) is 0. The molecule has 2 atom stereocenters. The van der Waals surface area contributed by atoms with Crippen molar-refractivity contribution in [1.82, 2.24) is 4.90 Å². The quantitative estimate of drug-likeness (QED) is 0.683. The summed E-state index contributed by atoms with van der Waals surface area (Å²) in [6.45, 7) is 2.05. The number of nitrogens with zero attached hydrogens (tertiary/aromatic N) is 2. The normalized spacial score (nSPS) is 26.4. The largest absolute Gasteiger partial charge is 0.497 e. The van der Waals surface area contributed by atoms with Crippen molar-refractivity contribution >= 4 is 17.7 Å². The number of guanidine groups is 1. The van der Waals surface area contributed by atoms with Gasteiger partial charge in [-0.15, -0.1) is 0 Å². The highest BCUT2D eigenvalue weighted by molar-refractivity contribution is 7.99. The van der Waals surface area contributed by atoms with Crippen molar-refractivity contribution in [2.45, 2.75) is 18.4 Å². The van der Waals surface area contributed by atoms with E-state index >= 15 is 0 Å². The van der Waals surface area contributed by atoms with Crippen LogP contribution in [0, 0.1) is 0 Å². The molecule has 108 valence electrons. The number of thioether (sulfide) groups is 1. The lowest BCUT2D eigenvalue weighted by molar-refractivity contribution is 0.414. The Morgan fingerprint density at radius 1 is 1.40 bits per heavy atom. The van der Waals surface area contributed by atoms with E-state index in [1.807, 2.05) is 23.9 Å². The average molecular weight is 291 g/mol. The van der Waals surface area contributed by atoms with Crippen molar-refractivity contribution < 1.29 is 4.74 Å². The first-order valence-electron chi connectivity index (χ1n) is 7.08. The zero-order valence-corrected chi connectivity index (χ0v) is 12.6. The Hall–Kier alpha value is -1.36. The van der Waals surface area contributed by atoms with Crippen LogP contribution in [0.15, 0.2) is 29.3 Å². The Morgan fingerprint density at radius 3 is 2.95 bits per heavy atom. The highest BCUT2D eigenvalue weighted by Gasteiger charge is 2.39. The van der Waals surface area contributed by atoms with Crippen LogP contribution in [0.5, 0.6) is 5.75 Å². The van der Waals surface area contributed by atoms with Gasteiger partial charge < -0.3 is 15.4 Å². The Labute approximate surface area is 124 Å². The summed E-state index contributed by atoms with van der Waals surface area (Å²) >= 11 is 1.99. The monoisotopic (exact) mass is 291 g/mol. The van der Waals surface area contributed by atoms with Gasteiger partial charge in [0, 0.05) is 30.5 Å². The van der Waals surface area contributed by atoms with Gasteiger partial charge in [-0.1, -0.05) is 12.1 Å². The second-order valence-electron chi connectivity index (χ2n) is 5.27. The standard InChI is InChI=1S/C15H21N3OS/c1-19-12-4-2-3-11(9-12)13-10-14(13)17-15(16)18-5-7-20-8-6-18/h2-4,9,13-14H,5-8,10H2,1H3,(H2,16,17)/t13-,14+/m0/s1. The number of benzene rings is 1. The third-order valence-corrected chi connectivity index (χ3v) is 4.85. The number of ether oxygens (including phenoxy) is 1. The van der Waals surface area contributed by atoms with Gasteiger partial charge in [0.15, 0.2) is 5.96 Å². The molecule has 2 fully saturated rings. The molecule has 3 rings (SSSR count). The second kappa shape index (κ2) is 5.95. The fraction of sp³-hybridized carbons (Fsp3) is 0.533. The molecule has 4 nitrogen and oxygen atoms in total. The SMILES string of the molecule is COc1cccc([C@@H]2C[C@H]2N=C(N)N2CCSCC2)c1. The van der Waals surface area contributed by atoms with E-state index in [2.05, 4.69) is 17.0 Å². The lowest BCUT2D eigenvalue weighted by Gasteiger charge is -2.27. The predicted molar refractivity (Wildman–Crippen MR) is 84.7 cm³/mol. The van der Waals surface area contributed by atoms with E-state index in [-0.39, 0.29) is 0 Å². The maximum absolute atomic E-state index is 6.13. The molecule has 0 radical (unpaired) electrons. The van der Waals surface area contributed by atoms with Gasteiger partial charge in [-0.3, -0.25) is 0 Å². The Morgan fingerprint density at radius 2 is 2.20 bits per heavy atom. The average Bonchev–Trinajstić information content (AvgIpc) is 3.27. The summed E-state index contributed by atoms with van der Waals surface area (Å²) < 4.78 is 5.27. The molecule has 0 bridgehead atoms. The Bertz CT molecular complexity index is 500. The van der Waals surface area contributed by atoms with Crippen molar-refractivity contribution in [3.63, 3.8) is 0 Å². The molecule has 20 heavy (non-hydrogen) atoms. The van der Waals surface area contributed by atoms with Crippen LogP contribution in [0.25, 0.3) is 0 Å². The minimum absolute atomic E-state index is 0.344. The van der Waals surface area contributed by atoms with E-state index in [1.165, 1.54) is 5.56 Å². The summed E-state index contributed by atoms with van der Waals surface area (Å²) in [7, 11) is 1.70. The van der Waals surface area contributed by atoms with Crippen molar-refractivity contribution in [2.24, 2.45) is 10.7 Å². The summed E-state index contributed by atoms with van der Waals surface area (Å²) in [5.74, 6) is 4.45. The van der Waals surface area contributed by atoms with Crippen molar-refractivity contribution in [3.05, 3.63) is 29.8 Å². The molecule has 0 amide bonds. The molecule has 1 aliphatic heterocycles. The van der Waals surface area contributed by atoms with Gasteiger partial charge in [0.1, 0.15) is 5.75 Å². The summed E-state index contributed by atoms with van der Waals surface area (Å²) in [4.78, 5) is 6.90. The molecule has 0 aromatic heterocycles. The molecule has 1 saturated carbocycles. The van der Waals surface area contributed by atoms with Crippen LogP contribution in [-0.2, 0) is 0 Å². The van der Waals surface area contributed by atoms with Gasteiger partial charge in [0.05, 0.1) is 13.2 Å². The molecule has 2 N–H and O–H groups in total. The lowest BCUT2D eigenvalue weighted by Crippen LogP contribution is -2.42. The maximum atomic E-state index is 6.13. The number of aliphatic imine (C=N–C) groups is 1. The van der Waals surface area contributed by atoms with E-state index in [9.17, 15) is 0 Å². The lowest BCUT2D eigenvalue weighted by atomic mass is 10.1. The molecule has 5 heteroatoms. The van der Waals surface area contributed by atoms with Gasteiger partial charge in [-0.05, 0) is 24.1 Å². The van der Waals surface area contributed by atoms with E-state index in [0.717, 1.165) is 42.7 Å². The molecule has 1 aromatic rings. The smallest absolute Gasteiger partial charge is 0.191 e. The van der Waals surface area contributed by atoms with E-state index < -0.39 is 0 Å². The number of rotatable bonds is 3. The van der Waals surface area contributed by atoms with E-state index in [4.69, 9.17) is 15.5 Å². The molecule has 1 heterocycles. The zero-order valence-electron chi connectivity index (χ0n) is 11.8. The minimum atomic E-state index is 0.344. The highest BCUT2D eigenvalue weighted by Crippen LogP contribution is 2.44. The van der Waals surface area contributed by atoms with Gasteiger partial charge >= 0.3 is 0 Å². The highest BCUT2D eigenvalue weighted by atomic mass is 32.2. The van der Waals surface area contributed by atoms with Crippen LogP contribution in [0.2, 0.25) is 0 Å². The van der Waals surface area contributed by atoms with Gasteiger partial charge in [-0.25, -0.2) is 4.99 Å². The molecule has 2 aliphatic rings. The number of nitrogens with two attached hydrogens (primary N) is 1. The first-order valence-corrected chi connectivity index (χ1v) is 8.23. The van der Waals surface area contributed by atoms with Crippen molar-refractivity contribution in [3.8, 4) is 5.75 Å². The van der Waals surface area contributed by atoms with Crippen LogP contribution in [0.1, 0.15) is 17.9 Å². The predicted octanol–water partition coefficient (Wildman–Crippen LogP) is 1.91. The fourth-order valence-electron chi connectivity index (χ4n) is 2.60. The third-order valence-electron chi connectivity index (χ3n) is 3.91. The summed E-state index contributed by atoms with van der Waals surface area (Å²) in [6, 6.07) is 8.61. The van der Waals surface area contributed by atoms with Gasteiger partial charge in [0.25, 0.3) is 0 Å². The van der Waals surface area contributed by atoms with E-state index in [0.29, 0.717) is 12.0 Å². The molecule has 0 unspecified atom stereocenters. The Kier molecular flexibility index (Phi) is 4.05. The molecule has 1 saturated heterocycles. The zero-order chi connectivity index (χ0) is 13.9. The van der Waals surface area contributed by atoms with Crippen molar-refractivity contribution in [2.75, 3.05) is 31.7 Å². The molecule has 1 aliphatic carbocycles. The van der Waals surface area contributed by atoms with Crippen molar-refractivity contribution in [1.29, 1.82) is 0 Å². The third kappa shape index (κ3) is 3.03. The van der Waals surface area contributed by atoms with Crippen LogP contribution < -0.4 is 10.5 Å². The van der Waals surface area contributed by atoms with Crippen LogP contribution in [0.3, 0.4) is 0 Å². The number of hydrogen-bond acceptors (Lipinski definition) is 3. The first kappa shape index (κ1) is 13.6. The topological polar surface area (TPSA) is 50.9 Å². The first-order chi connectivity index (χ1) is 9.78. The maximum Gasteiger partial charge on any atom is 0.191 e. The fourth-order valence-corrected chi connectivity index (χ4v) is 3.50. The van der Waals surface area contributed by atoms with Gasteiger partial charge in [-0.2, -0.15) is 11.8 Å². The van der Waals surface area contributed by atoms with Gasteiger partial charge in [0.2, 0.25) is 0 Å². The Balaban J connectivity index is 1.63. The van der Waals surface area contributed by atoms with Crippen LogP contribution >= 0.6 is 11.8 Å². The molecule has 1 aromatic carbocycles. The molecular weight excluding hydrogens is 270 g/mol. The summed E-state index contributed by atoms with van der Waals surface area (Å²) in [6.07, 6.45) is 1.09. The second-order valence-corrected chi connectivity index (χ2v) is 6.50. The van der Waals surface area contributed by atoms with Crippen LogP contribution in [0.4, 0.5) is 0 Å². The van der Waals surface area contributed by atoms with E-state index in [1.54, 1.807) is 7.11 Å². The molecule has 0 spiro atoms. The number of hydrogen-bond donors (Lipinski definition) is 1.